The topological polar surface area (TPSA) is 29.5 Å². The molecule has 0 spiro atoms. The molecule has 0 aromatic heterocycles. The lowest BCUT2D eigenvalue weighted by molar-refractivity contribution is -0.155. The summed E-state index contributed by atoms with van der Waals surface area (Å²) in [6, 6.07) is 0. The van der Waals surface area contributed by atoms with Crippen LogP contribution in [0.4, 0.5) is 0 Å². The molecule has 2 aliphatic rings. The van der Waals surface area contributed by atoms with E-state index in [1.807, 2.05) is 4.90 Å². The summed E-state index contributed by atoms with van der Waals surface area (Å²) in [5.74, 6) is 0.889. The lowest BCUT2D eigenvalue weighted by atomic mass is 10.1. The first-order chi connectivity index (χ1) is 5.77. The van der Waals surface area contributed by atoms with Gasteiger partial charge in [-0.05, 0) is 12.3 Å². The maximum absolute atomic E-state index is 11.6. The van der Waals surface area contributed by atoms with Crippen molar-refractivity contribution in [2.45, 2.75) is 25.9 Å². The molecular formula is C9H15NO2. The number of rotatable bonds is 1. The Kier molecular flexibility index (Phi) is 2.05. The zero-order valence-electron chi connectivity index (χ0n) is 7.45. The van der Waals surface area contributed by atoms with Gasteiger partial charge in [0.05, 0.1) is 6.61 Å². The summed E-state index contributed by atoms with van der Waals surface area (Å²) in [4.78, 5) is 13.5. The molecule has 0 aromatic rings. The third kappa shape index (κ3) is 1.33. The molecule has 0 saturated carbocycles. The van der Waals surface area contributed by atoms with Crippen molar-refractivity contribution in [2.75, 3.05) is 19.7 Å². The highest BCUT2D eigenvalue weighted by molar-refractivity contribution is 5.81. The summed E-state index contributed by atoms with van der Waals surface area (Å²) in [5, 5.41) is 0. The van der Waals surface area contributed by atoms with Crippen molar-refractivity contribution in [3.8, 4) is 0 Å². The Morgan fingerprint density at radius 3 is 2.67 bits per heavy atom. The molecule has 2 fully saturated rings. The van der Waals surface area contributed by atoms with Crippen LogP contribution in [-0.4, -0.2) is 36.6 Å². The molecule has 1 amide bonds. The number of nitrogens with zero attached hydrogens (tertiary/aromatic N) is 1. The maximum Gasteiger partial charge on any atom is 0.251 e. The van der Waals surface area contributed by atoms with Gasteiger partial charge < -0.3 is 9.64 Å². The summed E-state index contributed by atoms with van der Waals surface area (Å²) in [7, 11) is 0. The van der Waals surface area contributed by atoms with E-state index in [1.54, 1.807) is 0 Å². The summed E-state index contributed by atoms with van der Waals surface area (Å²) in [6.45, 7) is 4.81. The van der Waals surface area contributed by atoms with Gasteiger partial charge in [0.1, 0.15) is 6.10 Å². The van der Waals surface area contributed by atoms with E-state index in [2.05, 4.69) is 6.92 Å². The smallest absolute Gasteiger partial charge is 0.251 e. The zero-order valence-corrected chi connectivity index (χ0v) is 7.45. The molecule has 2 heterocycles. The highest BCUT2D eigenvalue weighted by atomic mass is 16.5. The predicted octanol–water partition coefficient (Wildman–Crippen LogP) is 0.644. The molecule has 12 heavy (non-hydrogen) atoms. The SMILES string of the molecule is CC1CCN(C(=O)C2CCO2)C1. The van der Waals surface area contributed by atoms with Crippen LogP contribution in [0.1, 0.15) is 19.8 Å². The first kappa shape index (κ1) is 8.05. The van der Waals surface area contributed by atoms with Crippen LogP contribution >= 0.6 is 0 Å². The fourth-order valence-corrected chi connectivity index (χ4v) is 1.77. The van der Waals surface area contributed by atoms with E-state index in [1.165, 1.54) is 0 Å². The first-order valence-electron chi connectivity index (χ1n) is 4.68. The van der Waals surface area contributed by atoms with Crippen molar-refractivity contribution in [3.63, 3.8) is 0 Å². The van der Waals surface area contributed by atoms with E-state index < -0.39 is 0 Å². The number of amides is 1. The Morgan fingerprint density at radius 2 is 2.25 bits per heavy atom. The second kappa shape index (κ2) is 3.05. The van der Waals surface area contributed by atoms with E-state index >= 15 is 0 Å². The van der Waals surface area contributed by atoms with Crippen molar-refractivity contribution < 1.29 is 9.53 Å². The minimum Gasteiger partial charge on any atom is -0.368 e. The number of likely N-dealkylation sites (tertiary alicyclic amines) is 1. The molecule has 0 N–H and O–H groups in total. The van der Waals surface area contributed by atoms with Crippen LogP contribution in [-0.2, 0) is 9.53 Å². The first-order valence-corrected chi connectivity index (χ1v) is 4.68. The second-order valence-corrected chi connectivity index (χ2v) is 3.83. The lowest BCUT2D eigenvalue weighted by Gasteiger charge is -2.29. The Balaban J connectivity index is 1.87. The van der Waals surface area contributed by atoms with Gasteiger partial charge in [0.25, 0.3) is 5.91 Å². The van der Waals surface area contributed by atoms with Crippen molar-refractivity contribution >= 4 is 5.91 Å². The van der Waals surface area contributed by atoms with Gasteiger partial charge in [-0.25, -0.2) is 0 Å². The van der Waals surface area contributed by atoms with Crippen molar-refractivity contribution in [1.29, 1.82) is 0 Å². The normalized spacial score (nSPS) is 34.9. The molecule has 0 bridgehead atoms. The molecule has 0 aromatic carbocycles. The summed E-state index contributed by atoms with van der Waals surface area (Å²) < 4.78 is 5.15. The number of hydrogen-bond donors (Lipinski definition) is 0. The number of ether oxygens (including phenoxy) is 1. The zero-order chi connectivity index (χ0) is 8.55. The minimum absolute atomic E-state index is 0.102. The van der Waals surface area contributed by atoms with E-state index in [0.29, 0.717) is 5.92 Å². The fourth-order valence-electron chi connectivity index (χ4n) is 1.77. The lowest BCUT2D eigenvalue weighted by Crippen LogP contribution is -2.44. The summed E-state index contributed by atoms with van der Waals surface area (Å²) >= 11 is 0. The van der Waals surface area contributed by atoms with Gasteiger partial charge in [-0.3, -0.25) is 4.79 Å². The average Bonchev–Trinajstić information content (AvgIpc) is 2.31. The molecule has 3 heteroatoms. The monoisotopic (exact) mass is 169 g/mol. The van der Waals surface area contributed by atoms with Crippen LogP contribution in [0.25, 0.3) is 0 Å². The van der Waals surface area contributed by atoms with Gasteiger partial charge in [0.2, 0.25) is 0 Å². The third-order valence-electron chi connectivity index (χ3n) is 2.71. The average molecular weight is 169 g/mol. The molecule has 2 aliphatic heterocycles. The second-order valence-electron chi connectivity index (χ2n) is 3.83. The van der Waals surface area contributed by atoms with E-state index in [0.717, 1.165) is 32.5 Å². The number of carbonyl (C=O) groups is 1. The van der Waals surface area contributed by atoms with Crippen molar-refractivity contribution in [2.24, 2.45) is 5.92 Å². The summed E-state index contributed by atoms with van der Waals surface area (Å²) in [5.41, 5.74) is 0. The highest BCUT2D eigenvalue weighted by Gasteiger charge is 2.33. The molecule has 68 valence electrons. The molecule has 0 aliphatic carbocycles. The van der Waals surface area contributed by atoms with Crippen molar-refractivity contribution in [3.05, 3.63) is 0 Å². The van der Waals surface area contributed by atoms with Crippen LogP contribution in [0.3, 0.4) is 0 Å². The number of carbonyl (C=O) groups excluding carboxylic acids is 1. The Hall–Kier alpha value is -0.570. The third-order valence-corrected chi connectivity index (χ3v) is 2.71. The molecule has 2 unspecified atom stereocenters. The Labute approximate surface area is 72.7 Å². The predicted molar refractivity (Wildman–Crippen MR) is 44.7 cm³/mol. The van der Waals surface area contributed by atoms with Gasteiger partial charge >= 0.3 is 0 Å². The summed E-state index contributed by atoms with van der Waals surface area (Å²) in [6.07, 6.45) is 1.97. The van der Waals surface area contributed by atoms with Crippen LogP contribution in [0, 0.1) is 5.92 Å². The fraction of sp³-hybridized carbons (Fsp3) is 0.889. The van der Waals surface area contributed by atoms with E-state index in [-0.39, 0.29) is 12.0 Å². The van der Waals surface area contributed by atoms with Crippen LogP contribution in [0.2, 0.25) is 0 Å². The quantitative estimate of drug-likeness (QED) is 0.576. The Bertz CT molecular complexity index is 189. The van der Waals surface area contributed by atoms with Crippen LogP contribution in [0.15, 0.2) is 0 Å². The minimum atomic E-state index is -0.102. The standard InChI is InChI=1S/C9H15NO2/c1-7-2-4-10(6-7)9(11)8-3-5-12-8/h7-8H,2-6H2,1H3. The van der Waals surface area contributed by atoms with Crippen LogP contribution in [0.5, 0.6) is 0 Å². The molecule has 0 radical (unpaired) electrons. The van der Waals surface area contributed by atoms with Gasteiger partial charge in [-0.15, -0.1) is 0 Å². The van der Waals surface area contributed by atoms with E-state index in [9.17, 15) is 4.79 Å². The molecule has 2 rings (SSSR count). The maximum atomic E-state index is 11.6. The van der Waals surface area contributed by atoms with E-state index in [4.69, 9.17) is 4.74 Å². The largest absolute Gasteiger partial charge is 0.368 e. The van der Waals surface area contributed by atoms with Gasteiger partial charge in [0, 0.05) is 19.5 Å². The molecule has 3 nitrogen and oxygen atoms in total. The van der Waals surface area contributed by atoms with Gasteiger partial charge in [-0.2, -0.15) is 0 Å². The highest BCUT2D eigenvalue weighted by Crippen LogP contribution is 2.20. The molecule has 2 atom stereocenters. The van der Waals surface area contributed by atoms with Crippen LogP contribution < -0.4 is 0 Å². The molecule has 2 saturated heterocycles. The molecular weight excluding hydrogens is 154 g/mol. The van der Waals surface area contributed by atoms with Gasteiger partial charge in [-0.1, -0.05) is 6.92 Å². The van der Waals surface area contributed by atoms with Crippen molar-refractivity contribution in [1.82, 2.24) is 4.90 Å². The number of hydrogen-bond acceptors (Lipinski definition) is 2. The van der Waals surface area contributed by atoms with Gasteiger partial charge in [0.15, 0.2) is 0 Å². The Morgan fingerprint density at radius 1 is 1.50 bits per heavy atom.